The highest BCUT2D eigenvalue weighted by Crippen LogP contribution is 2.34. The van der Waals surface area contributed by atoms with Gasteiger partial charge in [0.2, 0.25) is 5.91 Å². The highest BCUT2D eigenvalue weighted by Gasteiger charge is 2.21. The van der Waals surface area contributed by atoms with Crippen LogP contribution in [0.3, 0.4) is 0 Å². The Hall–Kier alpha value is -2.82. The Morgan fingerprint density at radius 1 is 0.963 bits per heavy atom. The number of ketones is 1. The van der Waals surface area contributed by atoms with Gasteiger partial charge in [-0.2, -0.15) is 0 Å². The average Bonchev–Trinajstić information content (AvgIpc) is 2.70. The van der Waals surface area contributed by atoms with Crippen LogP contribution in [-0.2, 0) is 4.79 Å². The Morgan fingerprint density at radius 2 is 1.67 bits per heavy atom. The largest absolute Gasteiger partial charge is 0.486 e. The third-order valence-electron chi connectivity index (χ3n) is 4.58. The highest BCUT2D eigenvalue weighted by atomic mass is 16.6. The number of carbonyl (C=O) groups is 2. The first-order valence-corrected chi connectivity index (χ1v) is 9.32. The van der Waals surface area contributed by atoms with Crippen molar-refractivity contribution in [3.63, 3.8) is 0 Å². The zero-order chi connectivity index (χ0) is 19.2. The number of Topliss-reactive ketones (excluding diaryl/α,β-unsaturated/α-hetero) is 1. The van der Waals surface area contributed by atoms with E-state index in [4.69, 9.17) is 9.47 Å². The summed E-state index contributed by atoms with van der Waals surface area (Å²) in [4.78, 5) is 24.6. The lowest BCUT2D eigenvalue weighted by molar-refractivity contribution is -0.122. The van der Waals surface area contributed by atoms with Gasteiger partial charge in [-0.25, -0.2) is 0 Å². The van der Waals surface area contributed by atoms with Crippen molar-refractivity contribution in [3.05, 3.63) is 59.7 Å². The van der Waals surface area contributed by atoms with E-state index in [0.717, 1.165) is 11.3 Å². The van der Waals surface area contributed by atoms with Gasteiger partial charge in [0.1, 0.15) is 13.2 Å². The second-order valence-corrected chi connectivity index (χ2v) is 6.98. The molecular formula is C22H25NO4. The topological polar surface area (TPSA) is 64.6 Å². The molecular weight excluding hydrogens is 342 g/mol. The van der Waals surface area contributed by atoms with Crippen molar-refractivity contribution in [2.24, 2.45) is 5.92 Å². The van der Waals surface area contributed by atoms with E-state index >= 15 is 0 Å². The zero-order valence-electron chi connectivity index (χ0n) is 15.7. The molecule has 0 spiro atoms. The summed E-state index contributed by atoms with van der Waals surface area (Å²) in [5, 5.41) is 3.06. The first-order valence-electron chi connectivity index (χ1n) is 9.32. The molecule has 3 rings (SSSR count). The predicted octanol–water partition coefficient (Wildman–Crippen LogP) is 3.93. The first kappa shape index (κ1) is 19.0. The average molecular weight is 367 g/mol. The van der Waals surface area contributed by atoms with Crippen LogP contribution in [-0.4, -0.2) is 24.9 Å². The van der Waals surface area contributed by atoms with Crippen molar-refractivity contribution in [3.8, 4) is 11.5 Å². The SMILES string of the molecule is CC(C)[C@@H](NC(=O)CCC(=O)c1ccccc1)c1ccc2c(c1)OCCO2. The number of benzene rings is 2. The van der Waals surface area contributed by atoms with Crippen LogP contribution >= 0.6 is 0 Å². The Labute approximate surface area is 159 Å². The molecule has 0 saturated carbocycles. The summed E-state index contributed by atoms with van der Waals surface area (Å²) in [5.74, 6) is 1.48. The maximum Gasteiger partial charge on any atom is 0.220 e. The number of ether oxygens (including phenoxy) is 2. The normalized spacial score (nSPS) is 13.9. The van der Waals surface area contributed by atoms with Gasteiger partial charge in [-0.05, 0) is 23.6 Å². The Bertz CT molecular complexity index is 801. The summed E-state index contributed by atoms with van der Waals surface area (Å²) in [6.45, 7) is 5.18. The van der Waals surface area contributed by atoms with E-state index in [0.29, 0.717) is 24.5 Å². The summed E-state index contributed by atoms with van der Waals surface area (Å²) in [6.07, 6.45) is 0.364. The molecule has 0 bridgehead atoms. The number of hydrogen-bond acceptors (Lipinski definition) is 4. The second kappa shape index (κ2) is 8.71. The molecule has 1 N–H and O–H groups in total. The molecule has 1 aliphatic rings. The van der Waals surface area contributed by atoms with Crippen LogP contribution in [0.5, 0.6) is 11.5 Å². The maximum absolute atomic E-state index is 12.4. The van der Waals surface area contributed by atoms with Gasteiger partial charge in [0, 0.05) is 18.4 Å². The summed E-state index contributed by atoms with van der Waals surface area (Å²) in [6, 6.07) is 14.7. The molecule has 5 nitrogen and oxygen atoms in total. The molecule has 0 aromatic heterocycles. The van der Waals surface area contributed by atoms with E-state index < -0.39 is 0 Å². The minimum Gasteiger partial charge on any atom is -0.486 e. The number of nitrogens with one attached hydrogen (secondary N) is 1. The molecule has 2 aromatic carbocycles. The van der Waals surface area contributed by atoms with E-state index in [2.05, 4.69) is 19.2 Å². The lowest BCUT2D eigenvalue weighted by Crippen LogP contribution is -2.32. The molecule has 2 aromatic rings. The van der Waals surface area contributed by atoms with Gasteiger partial charge in [0.05, 0.1) is 6.04 Å². The lowest BCUT2D eigenvalue weighted by atomic mass is 9.95. The van der Waals surface area contributed by atoms with Gasteiger partial charge in [-0.15, -0.1) is 0 Å². The van der Waals surface area contributed by atoms with Gasteiger partial charge in [0.25, 0.3) is 0 Å². The van der Waals surface area contributed by atoms with E-state index in [-0.39, 0.29) is 36.5 Å². The van der Waals surface area contributed by atoms with Crippen LogP contribution in [0.4, 0.5) is 0 Å². The molecule has 1 aliphatic heterocycles. The van der Waals surface area contributed by atoms with Crippen molar-refractivity contribution in [1.29, 1.82) is 0 Å². The molecule has 1 amide bonds. The zero-order valence-corrected chi connectivity index (χ0v) is 15.7. The minimum absolute atomic E-state index is 0.0221. The molecule has 0 unspecified atom stereocenters. The van der Waals surface area contributed by atoms with Gasteiger partial charge in [-0.3, -0.25) is 9.59 Å². The highest BCUT2D eigenvalue weighted by molar-refractivity contribution is 5.97. The third kappa shape index (κ3) is 4.88. The quantitative estimate of drug-likeness (QED) is 0.753. The van der Waals surface area contributed by atoms with Gasteiger partial charge < -0.3 is 14.8 Å². The van der Waals surface area contributed by atoms with Gasteiger partial charge in [-0.1, -0.05) is 50.2 Å². The fourth-order valence-corrected chi connectivity index (χ4v) is 3.13. The molecule has 0 aliphatic carbocycles. The fourth-order valence-electron chi connectivity index (χ4n) is 3.13. The van der Waals surface area contributed by atoms with Crippen LogP contribution in [0.15, 0.2) is 48.5 Å². The third-order valence-corrected chi connectivity index (χ3v) is 4.58. The van der Waals surface area contributed by atoms with E-state index in [9.17, 15) is 9.59 Å². The summed E-state index contributed by atoms with van der Waals surface area (Å²) in [7, 11) is 0. The fraction of sp³-hybridized carbons (Fsp3) is 0.364. The Kier molecular flexibility index (Phi) is 6.12. The number of rotatable bonds is 7. The van der Waals surface area contributed by atoms with Crippen molar-refractivity contribution in [2.45, 2.75) is 32.7 Å². The minimum atomic E-state index is -0.153. The van der Waals surface area contributed by atoms with Crippen LogP contribution in [0.2, 0.25) is 0 Å². The molecule has 27 heavy (non-hydrogen) atoms. The number of carbonyl (C=O) groups excluding carboxylic acids is 2. The Balaban J connectivity index is 1.62. The van der Waals surface area contributed by atoms with E-state index in [1.54, 1.807) is 12.1 Å². The number of amides is 1. The second-order valence-electron chi connectivity index (χ2n) is 6.98. The van der Waals surface area contributed by atoms with Crippen LogP contribution in [0.25, 0.3) is 0 Å². The standard InChI is InChI=1S/C22H25NO4/c1-15(2)22(17-8-10-19-20(14-17)27-13-12-26-19)23-21(25)11-9-18(24)16-6-4-3-5-7-16/h3-8,10,14-15,22H,9,11-13H2,1-2H3,(H,23,25)/t22-/m1/s1. The molecule has 0 saturated heterocycles. The Morgan fingerprint density at radius 3 is 2.37 bits per heavy atom. The molecule has 0 fully saturated rings. The van der Waals surface area contributed by atoms with Crippen LogP contribution in [0.1, 0.15) is 48.7 Å². The van der Waals surface area contributed by atoms with Gasteiger partial charge >= 0.3 is 0 Å². The smallest absolute Gasteiger partial charge is 0.220 e. The molecule has 142 valence electrons. The summed E-state index contributed by atoms with van der Waals surface area (Å²) < 4.78 is 11.2. The molecule has 1 heterocycles. The molecule has 0 radical (unpaired) electrons. The van der Waals surface area contributed by atoms with Crippen molar-refractivity contribution >= 4 is 11.7 Å². The van der Waals surface area contributed by atoms with Gasteiger partial charge in [0.15, 0.2) is 17.3 Å². The first-order chi connectivity index (χ1) is 13.0. The summed E-state index contributed by atoms with van der Waals surface area (Å²) >= 11 is 0. The molecule has 5 heteroatoms. The van der Waals surface area contributed by atoms with Crippen molar-refractivity contribution < 1.29 is 19.1 Å². The maximum atomic E-state index is 12.4. The van der Waals surface area contributed by atoms with Crippen LogP contribution < -0.4 is 14.8 Å². The lowest BCUT2D eigenvalue weighted by Gasteiger charge is -2.25. The number of hydrogen-bond donors (Lipinski definition) is 1. The number of fused-ring (bicyclic) bond motifs is 1. The van der Waals surface area contributed by atoms with E-state index in [1.165, 1.54) is 0 Å². The summed E-state index contributed by atoms with van der Waals surface area (Å²) in [5.41, 5.74) is 1.61. The monoisotopic (exact) mass is 367 g/mol. The predicted molar refractivity (Wildman–Crippen MR) is 103 cm³/mol. The van der Waals surface area contributed by atoms with Crippen molar-refractivity contribution in [1.82, 2.24) is 5.32 Å². The van der Waals surface area contributed by atoms with Crippen molar-refractivity contribution in [2.75, 3.05) is 13.2 Å². The molecule has 1 atom stereocenters. The van der Waals surface area contributed by atoms with Crippen LogP contribution in [0, 0.1) is 5.92 Å². The van der Waals surface area contributed by atoms with E-state index in [1.807, 2.05) is 36.4 Å².